The van der Waals surface area contributed by atoms with Gasteiger partial charge in [0.2, 0.25) is 0 Å². The summed E-state index contributed by atoms with van der Waals surface area (Å²) in [5.41, 5.74) is 0. The van der Waals surface area contributed by atoms with Gasteiger partial charge in [-0.05, 0) is 89.9 Å². The monoisotopic (exact) mass is 1020 g/mol. The van der Waals surface area contributed by atoms with Crippen LogP contribution in [0, 0.1) is 0 Å². The normalized spacial score (nSPS) is 18.9. The molecule has 0 amide bonds. The van der Waals surface area contributed by atoms with Crippen molar-refractivity contribution in [3.05, 3.63) is 85.1 Å². The second kappa shape index (κ2) is 48.8. The zero-order chi connectivity index (χ0) is 53.3. The molecule has 0 aromatic rings. The molecule has 12 nitrogen and oxygen atoms in total. The lowest BCUT2D eigenvalue weighted by atomic mass is 9.98. The summed E-state index contributed by atoms with van der Waals surface area (Å²) in [7, 11) is 0. The van der Waals surface area contributed by atoms with E-state index in [0.717, 1.165) is 128 Å². The van der Waals surface area contributed by atoms with Crippen LogP contribution < -0.4 is 0 Å². The van der Waals surface area contributed by atoms with E-state index in [0.29, 0.717) is 19.3 Å². The van der Waals surface area contributed by atoms with Gasteiger partial charge in [0.1, 0.15) is 18.8 Å². The zero-order valence-corrected chi connectivity index (χ0v) is 45.6. The fourth-order valence-electron chi connectivity index (χ4n) is 8.08. The van der Waals surface area contributed by atoms with Crippen molar-refractivity contribution < 1.29 is 58.2 Å². The fraction of sp³-hybridized carbons (Fsp3) is 0.705. The number of aliphatic carboxylic acids is 1. The van der Waals surface area contributed by atoms with Gasteiger partial charge in [-0.25, -0.2) is 4.79 Å². The van der Waals surface area contributed by atoms with E-state index >= 15 is 0 Å². The Hall–Kier alpha value is -4.10. The lowest BCUT2D eigenvalue weighted by Crippen LogP contribution is -2.61. The molecule has 1 aliphatic rings. The van der Waals surface area contributed by atoms with Crippen LogP contribution in [0.15, 0.2) is 85.1 Å². The summed E-state index contributed by atoms with van der Waals surface area (Å²) in [6.45, 7) is 5.75. The predicted octanol–water partition coefficient (Wildman–Crippen LogP) is 14.3. The molecule has 1 saturated heterocycles. The Morgan fingerprint density at radius 1 is 0.466 bits per heavy atom. The second-order valence-electron chi connectivity index (χ2n) is 19.2. The van der Waals surface area contributed by atoms with Crippen molar-refractivity contribution in [2.75, 3.05) is 13.2 Å². The molecule has 1 fully saturated rings. The van der Waals surface area contributed by atoms with Gasteiger partial charge >= 0.3 is 23.9 Å². The van der Waals surface area contributed by atoms with Gasteiger partial charge in [-0.3, -0.25) is 14.4 Å². The highest BCUT2D eigenvalue weighted by Gasteiger charge is 2.50. The summed E-state index contributed by atoms with van der Waals surface area (Å²) in [6.07, 6.45) is 49.9. The number of carbonyl (C=O) groups is 4. The maximum Gasteiger partial charge on any atom is 0.335 e. The first-order valence-electron chi connectivity index (χ1n) is 28.6. The average molecular weight is 1030 g/mol. The molecule has 0 aliphatic carbocycles. The van der Waals surface area contributed by atoms with Crippen molar-refractivity contribution in [1.82, 2.24) is 0 Å². The summed E-state index contributed by atoms with van der Waals surface area (Å²) in [4.78, 5) is 51.0. The molecule has 73 heavy (non-hydrogen) atoms. The third-order valence-electron chi connectivity index (χ3n) is 12.4. The Kier molecular flexibility index (Phi) is 44.7. The lowest BCUT2D eigenvalue weighted by Gasteiger charge is -2.40. The summed E-state index contributed by atoms with van der Waals surface area (Å²) in [5, 5.41) is 31.4. The molecule has 6 atom stereocenters. The number of carboxylic acid groups (broad SMARTS) is 1. The van der Waals surface area contributed by atoms with Crippen LogP contribution in [-0.4, -0.2) is 89.2 Å². The summed E-state index contributed by atoms with van der Waals surface area (Å²) in [5.74, 6) is -3.18. The SMILES string of the molecule is CC/C=C\C/C=C\C/C=C\C/C=C\C/C=C\CCCCCC(=O)OCC(COC1OC(C(=O)O)C(O)C(O)C1OC(=O)CCCCCCCCCCCCC)OC(=O)CCCCCCC/C=C\C/C=C\CCC. The smallest absolute Gasteiger partial charge is 0.335 e. The molecular formula is C61H100O12. The minimum atomic E-state index is -1.91. The minimum Gasteiger partial charge on any atom is -0.479 e. The van der Waals surface area contributed by atoms with E-state index in [4.69, 9.17) is 23.7 Å². The standard InChI is InChI=1S/C61H100O12/c1-4-7-10-13-16-19-22-24-25-26-27-28-29-31-33-35-38-41-44-47-53(62)69-50-52(71-54(63)48-45-42-39-37-34-30-23-20-17-14-11-8-5-2)51-70-61-59(57(66)56(65)58(73-61)60(67)68)72-55(64)49-46-43-40-36-32-21-18-15-12-9-6-3/h7,10-11,14,16,19-20,23-25,27-28,31,33,52,56-59,61,65-66H,4-6,8-9,12-13,15,17-18,21-22,26,29-30,32,34-51H2,1-3H3,(H,67,68)/b10-7-,14-11-,19-16-,23-20-,25-24-,28-27-,33-31-. The number of hydrogen-bond donors (Lipinski definition) is 3. The van der Waals surface area contributed by atoms with Gasteiger partial charge in [0.15, 0.2) is 24.6 Å². The number of ether oxygens (including phenoxy) is 5. The topological polar surface area (TPSA) is 175 Å². The van der Waals surface area contributed by atoms with Gasteiger partial charge in [-0.1, -0.05) is 202 Å². The number of aliphatic hydroxyl groups is 2. The fourth-order valence-corrected chi connectivity index (χ4v) is 8.08. The molecule has 1 rings (SSSR count). The van der Waals surface area contributed by atoms with Gasteiger partial charge in [0.05, 0.1) is 6.61 Å². The summed E-state index contributed by atoms with van der Waals surface area (Å²) >= 11 is 0. The van der Waals surface area contributed by atoms with E-state index in [1.807, 2.05) is 0 Å². The molecule has 0 aromatic heterocycles. The van der Waals surface area contributed by atoms with E-state index < -0.39 is 67.3 Å². The number of rotatable bonds is 47. The molecule has 6 unspecified atom stereocenters. The molecule has 12 heteroatoms. The molecular weight excluding hydrogens is 925 g/mol. The van der Waals surface area contributed by atoms with Crippen molar-refractivity contribution in [2.45, 2.75) is 263 Å². The second-order valence-corrected chi connectivity index (χ2v) is 19.2. The maximum absolute atomic E-state index is 13.1. The third-order valence-corrected chi connectivity index (χ3v) is 12.4. The predicted molar refractivity (Wildman–Crippen MR) is 294 cm³/mol. The number of aliphatic hydroxyl groups excluding tert-OH is 2. The first-order valence-corrected chi connectivity index (χ1v) is 28.6. The highest BCUT2D eigenvalue weighted by molar-refractivity contribution is 5.74. The molecule has 0 aromatic carbocycles. The molecule has 416 valence electrons. The van der Waals surface area contributed by atoms with Crippen LogP contribution in [0.1, 0.15) is 226 Å². The van der Waals surface area contributed by atoms with Gasteiger partial charge in [-0.2, -0.15) is 0 Å². The van der Waals surface area contributed by atoms with Gasteiger partial charge in [0.25, 0.3) is 0 Å². The highest BCUT2D eigenvalue weighted by Crippen LogP contribution is 2.26. The molecule has 0 bridgehead atoms. The Morgan fingerprint density at radius 3 is 1.38 bits per heavy atom. The van der Waals surface area contributed by atoms with Crippen LogP contribution in [-0.2, 0) is 42.9 Å². The quantitative estimate of drug-likeness (QED) is 0.0228. The van der Waals surface area contributed by atoms with Crippen LogP contribution >= 0.6 is 0 Å². The zero-order valence-electron chi connectivity index (χ0n) is 45.6. The van der Waals surface area contributed by atoms with E-state index in [9.17, 15) is 34.5 Å². The summed E-state index contributed by atoms with van der Waals surface area (Å²) < 4.78 is 28.3. The van der Waals surface area contributed by atoms with Gasteiger partial charge in [-0.15, -0.1) is 0 Å². The van der Waals surface area contributed by atoms with E-state index in [-0.39, 0.29) is 25.9 Å². The van der Waals surface area contributed by atoms with E-state index in [2.05, 4.69) is 106 Å². The van der Waals surface area contributed by atoms with Crippen LogP contribution in [0.25, 0.3) is 0 Å². The highest BCUT2D eigenvalue weighted by atomic mass is 16.7. The number of carbonyl (C=O) groups excluding carboxylic acids is 3. The maximum atomic E-state index is 13.1. The Morgan fingerprint density at radius 2 is 0.890 bits per heavy atom. The van der Waals surface area contributed by atoms with Gasteiger partial charge < -0.3 is 39.0 Å². The Labute approximate surface area is 441 Å². The molecule has 1 aliphatic heterocycles. The Balaban J connectivity index is 2.72. The number of carboxylic acids is 1. The molecule has 0 saturated carbocycles. The lowest BCUT2D eigenvalue weighted by molar-refractivity contribution is -0.301. The number of unbranched alkanes of at least 4 members (excludes halogenated alkanes) is 19. The van der Waals surface area contributed by atoms with Crippen LogP contribution in [0.2, 0.25) is 0 Å². The summed E-state index contributed by atoms with van der Waals surface area (Å²) in [6, 6.07) is 0. The minimum absolute atomic E-state index is 0.0546. The van der Waals surface area contributed by atoms with Crippen molar-refractivity contribution in [3.63, 3.8) is 0 Å². The van der Waals surface area contributed by atoms with Crippen molar-refractivity contribution in [1.29, 1.82) is 0 Å². The Bertz CT molecular complexity index is 1590. The van der Waals surface area contributed by atoms with Crippen LogP contribution in [0.4, 0.5) is 0 Å². The molecule has 0 spiro atoms. The first-order chi connectivity index (χ1) is 35.6. The molecule has 1 heterocycles. The first kappa shape index (κ1) is 66.9. The average Bonchev–Trinajstić information content (AvgIpc) is 3.37. The van der Waals surface area contributed by atoms with Crippen LogP contribution in [0.5, 0.6) is 0 Å². The van der Waals surface area contributed by atoms with Crippen molar-refractivity contribution in [3.8, 4) is 0 Å². The molecule has 3 N–H and O–H groups in total. The largest absolute Gasteiger partial charge is 0.479 e. The van der Waals surface area contributed by atoms with Crippen molar-refractivity contribution >= 4 is 23.9 Å². The molecule has 0 radical (unpaired) electrons. The number of esters is 3. The number of allylic oxidation sites excluding steroid dienone is 14. The number of hydrogen-bond acceptors (Lipinski definition) is 11. The van der Waals surface area contributed by atoms with E-state index in [1.54, 1.807) is 0 Å². The van der Waals surface area contributed by atoms with Crippen molar-refractivity contribution in [2.24, 2.45) is 0 Å². The third kappa shape index (κ3) is 39.0. The van der Waals surface area contributed by atoms with E-state index in [1.165, 1.54) is 38.5 Å². The van der Waals surface area contributed by atoms with Crippen LogP contribution in [0.3, 0.4) is 0 Å². The van der Waals surface area contributed by atoms with Gasteiger partial charge in [0, 0.05) is 19.3 Å².